The lowest BCUT2D eigenvalue weighted by atomic mass is 10.1. The van der Waals surface area contributed by atoms with Crippen molar-refractivity contribution in [1.82, 2.24) is 10.3 Å². The van der Waals surface area contributed by atoms with E-state index in [2.05, 4.69) is 22.5 Å². The summed E-state index contributed by atoms with van der Waals surface area (Å²) in [4.78, 5) is 16.2. The van der Waals surface area contributed by atoms with Crippen molar-refractivity contribution in [2.45, 2.75) is 19.9 Å². The number of amides is 1. The maximum atomic E-state index is 12.1. The SMILES string of the molecule is CNC(C)c1ccc(NC(=O)c2ccnc(C)c2)cc1. The lowest BCUT2D eigenvalue weighted by Crippen LogP contribution is -2.14. The van der Waals surface area contributed by atoms with E-state index in [9.17, 15) is 4.79 Å². The molecule has 0 saturated heterocycles. The Kier molecular flexibility index (Phi) is 4.48. The molecule has 2 N–H and O–H groups in total. The Hall–Kier alpha value is -2.20. The molecule has 0 aliphatic heterocycles. The molecule has 4 nitrogen and oxygen atoms in total. The molecule has 1 aromatic heterocycles. The van der Waals surface area contributed by atoms with Crippen molar-refractivity contribution in [2.75, 3.05) is 12.4 Å². The number of nitrogens with one attached hydrogen (secondary N) is 2. The Morgan fingerprint density at radius 1 is 1.20 bits per heavy atom. The Labute approximate surface area is 119 Å². The monoisotopic (exact) mass is 269 g/mol. The average Bonchev–Trinajstić information content (AvgIpc) is 2.47. The van der Waals surface area contributed by atoms with Crippen molar-refractivity contribution in [3.63, 3.8) is 0 Å². The van der Waals surface area contributed by atoms with Crippen LogP contribution in [0, 0.1) is 6.92 Å². The third-order valence-electron chi connectivity index (χ3n) is 3.26. The minimum absolute atomic E-state index is 0.120. The van der Waals surface area contributed by atoms with Crippen molar-refractivity contribution in [2.24, 2.45) is 0 Å². The second-order valence-corrected chi connectivity index (χ2v) is 4.77. The summed E-state index contributed by atoms with van der Waals surface area (Å²) in [5, 5.41) is 6.06. The van der Waals surface area contributed by atoms with Crippen LogP contribution in [0.3, 0.4) is 0 Å². The van der Waals surface area contributed by atoms with Gasteiger partial charge in [0.2, 0.25) is 0 Å². The summed E-state index contributed by atoms with van der Waals surface area (Å²) in [6, 6.07) is 11.6. The van der Waals surface area contributed by atoms with Crippen LogP contribution in [0.15, 0.2) is 42.6 Å². The number of hydrogen-bond donors (Lipinski definition) is 2. The first-order valence-corrected chi connectivity index (χ1v) is 6.61. The first kappa shape index (κ1) is 14.2. The number of aryl methyl sites for hydroxylation is 1. The van der Waals surface area contributed by atoms with Gasteiger partial charge in [-0.15, -0.1) is 0 Å². The first-order chi connectivity index (χ1) is 9.60. The number of nitrogens with zero attached hydrogens (tertiary/aromatic N) is 1. The number of hydrogen-bond acceptors (Lipinski definition) is 3. The fourth-order valence-corrected chi connectivity index (χ4v) is 1.91. The van der Waals surface area contributed by atoms with Crippen LogP contribution >= 0.6 is 0 Å². The van der Waals surface area contributed by atoms with E-state index in [1.54, 1.807) is 18.3 Å². The van der Waals surface area contributed by atoms with Gasteiger partial charge in [-0.2, -0.15) is 0 Å². The molecule has 0 spiro atoms. The van der Waals surface area contributed by atoms with Gasteiger partial charge in [0.25, 0.3) is 5.91 Å². The van der Waals surface area contributed by atoms with Gasteiger partial charge in [-0.05, 0) is 50.7 Å². The third kappa shape index (κ3) is 3.42. The summed E-state index contributed by atoms with van der Waals surface area (Å²) in [7, 11) is 1.92. The van der Waals surface area contributed by atoms with Crippen molar-refractivity contribution in [3.8, 4) is 0 Å². The standard InChI is InChI=1S/C16H19N3O/c1-11-10-14(8-9-18-11)16(20)19-15-6-4-13(5-7-15)12(2)17-3/h4-10,12,17H,1-3H3,(H,19,20). The minimum Gasteiger partial charge on any atom is -0.322 e. The molecule has 1 amide bonds. The Balaban J connectivity index is 2.08. The minimum atomic E-state index is -0.120. The van der Waals surface area contributed by atoms with Gasteiger partial charge >= 0.3 is 0 Å². The summed E-state index contributed by atoms with van der Waals surface area (Å²) in [6.07, 6.45) is 1.64. The molecule has 0 bridgehead atoms. The molecule has 4 heteroatoms. The van der Waals surface area contributed by atoms with E-state index in [-0.39, 0.29) is 5.91 Å². The second kappa shape index (κ2) is 6.30. The average molecular weight is 269 g/mol. The van der Waals surface area contributed by atoms with E-state index in [0.717, 1.165) is 11.4 Å². The number of carbonyl (C=O) groups is 1. The molecule has 0 aliphatic carbocycles. The van der Waals surface area contributed by atoms with Crippen LogP contribution in [0.2, 0.25) is 0 Å². The largest absolute Gasteiger partial charge is 0.322 e. The van der Waals surface area contributed by atoms with Crippen LogP contribution in [0.5, 0.6) is 0 Å². The molecule has 0 saturated carbocycles. The lowest BCUT2D eigenvalue weighted by Gasteiger charge is -2.11. The predicted octanol–water partition coefficient (Wildman–Crippen LogP) is 2.92. The topological polar surface area (TPSA) is 54.0 Å². The zero-order valence-corrected chi connectivity index (χ0v) is 12.0. The molecule has 1 heterocycles. The van der Waals surface area contributed by atoms with Gasteiger partial charge in [-0.25, -0.2) is 0 Å². The van der Waals surface area contributed by atoms with Crippen LogP contribution in [0.4, 0.5) is 5.69 Å². The zero-order chi connectivity index (χ0) is 14.5. The molecule has 20 heavy (non-hydrogen) atoms. The summed E-state index contributed by atoms with van der Waals surface area (Å²) >= 11 is 0. The molecule has 1 aromatic carbocycles. The van der Waals surface area contributed by atoms with Crippen molar-refractivity contribution in [3.05, 3.63) is 59.4 Å². The Morgan fingerprint density at radius 3 is 2.50 bits per heavy atom. The number of benzene rings is 1. The Morgan fingerprint density at radius 2 is 1.90 bits per heavy atom. The summed E-state index contributed by atoms with van der Waals surface area (Å²) < 4.78 is 0. The number of pyridine rings is 1. The first-order valence-electron chi connectivity index (χ1n) is 6.61. The highest BCUT2D eigenvalue weighted by molar-refractivity contribution is 6.04. The second-order valence-electron chi connectivity index (χ2n) is 4.77. The summed E-state index contributed by atoms with van der Waals surface area (Å²) in [6.45, 7) is 3.96. The number of anilines is 1. The number of carbonyl (C=O) groups excluding carboxylic acids is 1. The van der Waals surface area contributed by atoms with Gasteiger partial charge in [0.1, 0.15) is 0 Å². The molecule has 1 atom stereocenters. The number of rotatable bonds is 4. The fourth-order valence-electron chi connectivity index (χ4n) is 1.91. The lowest BCUT2D eigenvalue weighted by molar-refractivity contribution is 0.102. The molecule has 2 aromatic rings. The van der Waals surface area contributed by atoms with E-state index >= 15 is 0 Å². The number of aromatic nitrogens is 1. The maximum Gasteiger partial charge on any atom is 0.255 e. The predicted molar refractivity (Wildman–Crippen MR) is 80.8 cm³/mol. The van der Waals surface area contributed by atoms with E-state index < -0.39 is 0 Å². The highest BCUT2D eigenvalue weighted by Gasteiger charge is 2.07. The zero-order valence-electron chi connectivity index (χ0n) is 12.0. The molecular weight excluding hydrogens is 250 g/mol. The summed E-state index contributed by atoms with van der Waals surface area (Å²) in [5.41, 5.74) is 3.42. The third-order valence-corrected chi connectivity index (χ3v) is 3.26. The fraction of sp³-hybridized carbons (Fsp3) is 0.250. The van der Waals surface area contributed by atoms with Crippen LogP contribution < -0.4 is 10.6 Å². The molecule has 0 radical (unpaired) electrons. The van der Waals surface area contributed by atoms with Gasteiger partial charge in [0.15, 0.2) is 0 Å². The van der Waals surface area contributed by atoms with Gasteiger partial charge in [-0.3, -0.25) is 9.78 Å². The Bertz CT molecular complexity index is 593. The normalized spacial score (nSPS) is 11.9. The van der Waals surface area contributed by atoms with E-state index in [0.29, 0.717) is 11.6 Å². The highest BCUT2D eigenvalue weighted by atomic mass is 16.1. The molecule has 104 valence electrons. The molecular formula is C16H19N3O. The molecule has 0 fully saturated rings. The van der Waals surface area contributed by atoms with Crippen molar-refractivity contribution < 1.29 is 4.79 Å². The summed E-state index contributed by atoms with van der Waals surface area (Å²) in [5.74, 6) is -0.120. The molecule has 2 rings (SSSR count). The molecule has 0 aliphatic rings. The van der Waals surface area contributed by atoms with Gasteiger partial charge in [-0.1, -0.05) is 12.1 Å². The van der Waals surface area contributed by atoms with Crippen LogP contribution in [0.1, 0.15) is 34.6 Å². The van der Waals surface area contributed by atoms with E-state index in [1.165, 1.54) is 5.56 Å². The maximum absolute atomic E-state index is 12.1. The highest BCUT2D eigenvalue weighted by Crippen LogP contribution is 2.16. The van der Waals surface area contributed by atoms with Crippen LogP contribution in [0.25, 0.3) is 0 Å². The van der Waals surface area contributed by atoms with E-state index in [4.69, 9.17) is 0 Å². The van der Waals surface area contributed by atoms with Gasteiger partial charge < -0.3 is 10.6 Å². The quantitative estimate of drug-likeness (QED) is 0.897. The van der Waals surface area contributed by atoms with E-state index in [1.807, 2.05) is 38.2 Å². The van der Waals surface area contributed by atoms with Gasteiger partial charge in [0.05, 0.1) is 0 Å². The van der Waals surface area contributed by atoms with Crippen LogP contribution in [-0.2, 0) is 0 Å². The molecule has 1 unspecified atom stereocenters. The van der Waals surface area contributed by atoms with Crippen molar-refractivity contribution in [1.29, 1.82) is 0 Å². The smallest absolute Gasteiger partial charge is 0.255 e. The van der Waals surface area contributed by atoms with Gasteiger partial charge in [0, 0.05) is 29.2 Å². The van der Waals surface area contributed by atoms with Crippen LogP contribution in [-0.4, -0.2) is 17.9 Å². The van der Waals surface area contributed by atoms with Crippen molar-refractivity contribution >= 4 is 11.6 Å².